The maximum atomic E-state index is 12.4. The molecule has 0 radical (unpaired) electrons. The minimum Gasteiger partial charge on any atom is -0.443 e. The summed E-state index contributed by atoms with van der Waals surface area (Å²) in [5, 5.41) is 7.21. The van der Waals surface area contributed by atoms with Gasteiger partial charge in [-0.25, -0.2) is 0 Å². The maximum Gasteiger partial charge on any atom is 0.259 e. The molecule has 0 aliphatic carbocycles. The molecule has 3 rings (SSSR count). The predicted molar refractivity (Wildman–Crippen MR) is 86.2 cm³/mol. The van der Waals surface area contributed by atoms with E-state index in [1.54, 1.807) is 12.1 Å². The molecule has 1 aromatic carbocycles. The predicted octanol–water partition coefficient (Wildman–Crippen LogP) is 3.75. The monoisotopic (exact) mass is 351 g/mol. The number of benzene rings is 1. The highest BCUT2D eigenvalue weighted by molar-refractivity contribution is 6.31. The Hall–Kier alpha value is -2.44. The lowest BCUT2D eigenvalue weighted by Gasteiger charge is -2.06. The van der Waals surface area contributed by atoms with Crippen molar-refractivity contribution in [2.24, 2.45) is 0 Å². The first-order chi connectivity index (χ1) is 11.1. The van der Waals surface area contributed by atoms with E-state index in [0.717, 1.165) is 5.56 Å². The topological polar surface area (TPSA) is 94.3 Å². The summed E-state index contributed by atoms with van der Waals surface area (Å²) in [4.78, 5) is 12.4. The number of nitrogens with zero attached hydrogens (tertiary/aromatic N) is 1. The second kappa shape index (κ2) is 6.36. The zero-order valence-corrected chi connectivity index (χ0v) is 13.2. The van der Waals surface area contributed by atoms with Crippen LogP contribution in [0.4, 0.5) is 5.88 Å². The van der Waals surface area contributed by atoms with E-state index in [4.69, 9.17) is 37.9 Å². The molecule has 3 aromatic rings. The van der Waals surface area contributed by atoms with Crippen molar-refractivity contribution in [3.63, 3.8) is 0 Å². The molecule has 0 atom stereocenters. The van der Waals surface area contributed by atoms with Crippen molar-refractivity contribution in [3.8, 4) is 11.5 Å². The van der Waals surface area contributed by atoms with Gasteiger partial charge in [0.15, 0.2) is 16.7 Å². The summed E-state index contributed by atoms with van der Waals surface area (Å²) in [7, 11) is 0. The number of nitrogens with one attached hydrogen (secondary N) is 1. The van der Waals surface area contributed by atoms with Gasteiger partial charge in [-0.3, -0.25) is 4.79 Å². The van der Waals surface area contributed by atoms with Crippen LogP contribution >= 0.6 is 23.2 Å². The van der Waals surface area contributed by atoms with Gasteiger partial charge in [-0.05, 0) is 35.4 Å². The van der Waals surface area contributed by atoms with E-state index in [2.05, 4.69) is 10.5 Å². The van der Waals surface area contributed by atoms with Crippen LogP contribution in [0.15, 0.2) is 45.3 Å². The number of hydrogen-bond donors (Lipinski definition) is 2. The molecule has 0 saturated heterocycles. The third-order valence-electron chi connectivity index (χ3n) is 3.15. The molecule has 0 saturated carbocycles. The molecule has 0 unspecified atom stereocenters. The fraction of sp³-hybridized carbons (Fsp3) is 0.0667. The molecule has 2 aromatic heterocycles. The SMILES string of the molecule is Nc1onc(-c2ccc(Cl)o2)c1C(=O)NCc1ccccc1Cl. The Kier molecular flexibility index (Phi) is 4.27. The summed E-state index contributed by atoms with van der Waals surface area (Å²) in [5.41, 5.74) is 6.74. The van der Waals surface area contributed by atoms with Crippen molar-refractivity contribution in [1.82, 2.24) is 10.5 Å². The largest absolute Gasteiger partial charge is 0.443 e. The molecule has 3 N–H and O–H groups in total. The smallest absolute Gasteiger partial charge is 0.259 e. The van der Waals surface area contributed by atoms with E-state index in [0.29, 0.717) is 10.8 Å². The van der Waals surface area contributed by atoms with Crippen LogP contribution in [0.5, 0.6) is 0 Å². The van der Waals surface area contributed by atoms with Crippen LogP contribution in [0.25, 0.3) is 11.5 Å². The fourth-order valence-electron chi connectivity index (χ4n) is 2.04. The Morgan fingerprint density at radius 2 is 2.00 bits per heavy atom. The van der Waals surface area contributed by atoms with Gasteiger partial charge in [0.2, 0.25) is 5.88 Å². The molecule has 2 heterocycles. The summed E-state index contributed by atoms with van der Waals surface area (Å²) in [6.07, 6.45) is 0. The van der Waals surface area contributed by atoms with Gasteiger partial charge < -0.3 is 20.0 Å². The Labute approximate surface area is 141 Å². The van der Waals surface area contributed by atoms with Gasteiger partial charge in [0.25, 0.3) is 5.91 Å². The average molecular weight is 352 g/mol. The van der Waals surface area contributed by atoms with Crippen molar-refractivity contribution in [2.45, 2.75) is 6.54 Å². The number of carbonyl (C=O) groups is 1. The molecule has 0 aliphatic heterocycles. The summed E-state index contributed by atoms with van der Waals surface area (Å²) >= 11 is 11.8. The Balaban J connectivity index is 1.83. The van der Waals surface area contributed by atoms with Crippen LogP contribution < -0.4 is 11.1 Å². The van der Waals surface area contributed by atoms with Crippen LogP contribution in [0, 0.1) is 0 Å². The van der Waals surface area contributed by atoms with E-state index in [1.807, 2.05) is 18.2 Å². The summed E-state index contributed by atoms with van der Waals surface area (Å²) in [6, 6.07) is 10.3. The molecule has 0 spiro atoms. The van der Waals surface area contributed by atoms with Crippen molar-refractivity contribution in [1.29, 1.82) is 0 Å². The third kappa shape index (κ3) is 3.18. The summed E-state index contributed by atoms with van der Waals surface area (Å²) in [5.74, 6) is -0.270. The van der Waals surface area contributed by atoms with Crippen molar-refractivity contribution in [3.05, 3.63) is 57.8 Å². The molecule has 1 amide bonds. The van der Waals surface area contributed by atoms with E-state index >= 15 is 0 Å². The van der Waals surface area contributed by atoms with Crippen LogP contribution in [-0.2, 0) is 6.54 Å². The minimum atomic E-state index is -0.453. The first-order valence-electron chi connectivity index (χ1n) is 6.58. The number of hydrogen-bond acceptors (Lipinski definition) is 5. The van der Waals surface area contributed by atoms with Crippen LogP contribution in [-0.4, -0.2) is 11.1 Å². The van der Waals surface area contributed by atoms with Gasteiger partial charge in [0.05, 0.1) is 0 Å². The standard InChI is InChI=1S/C15H11Cl2N3O3/c16-9-4-2-1-3-8(9)7-19-15(21)12-13(20-23-14(12)18)10-5-6-11(17)22-10/h1-6H,7,18H2,(H,19,21). The summed E-state index contributed by atoms with van der Waals surface area (Å²) in [6.45, 7) is 0.238. The number of furan rings is 1. The highest BCUT2D eigenvalue weighted by Crippen LogP contribution is 2.30. The number of amides is 1. The van der Waals surface area contributed by atoms with Gasteiger partial charge in [0.1, 0.15) is 5.56 Å². The molecule has 118 valence electrons. The van der Waals surface area contributed by atoms with E-state index < -0.39 is 5.91 Å². The van der Waals surface area contributed by atoms with Crippen molar-refractivity contribution in [2.75, 3.05) is 5.73 Å². The second-order valence-corrected chi connectivity index (χ2v) is 5.43. The average Bonchev–Trinajstić information content (AvgIpc) is 3.12. The van der Waals surface area contributed by atoms with Gasteiger partial charge in [0, 0.05) is 11.6 Å². The Morgan fingerprint density at radius 3 is 2.70 bits per heavy atom. The second-order valence-electron chi connectivity index (χ2n) is 4.65. The number of nitrogens with two attached hydrogens (primary N) is 1. The molecule has 6 nitrogen and oxygen atoms in total. The lowest BCUT2D eigenvalue weighted by molar-refractivity contribution is 0.0952. The lowest BCUT2D eigenvalue weighted by Crippen LogP contribution is -2.24. The first-order valence-corrected chi connectivity index (χ1v) is 7.34. The molecule has 0 aliphatic rings. The summed E-state index contributed by atoms with van der Waals surface area (Å²) < 4.78 is 10.1. The quantitative estimate of drug-likeness (QED) is 0.746. The number of nitrogen functional groups attached to an aromatic ring is 1. The Bertz CT molecular complexity index is 857. The normalized spacial score (nSPS) is 10.7. The van der Waals surface area contributed by atoms with E-state index in [-0.39, 0.29) is 28.9 Å². The molecule has 0 bridgehead atoms. The van der Waals surface area contributed by atoms with Crippen LogP contribution in [0.2, 0.25) is 10.2 Å². The number of halogens is 2. The third-order valence-corrected chi connectivity index (χ3v) is 3.72. The Morgan fingerprint density at radius 1 is 1.22 bits per heavy atom. The van der Waals surface area contributed by atoms with Gasteiger partial charge in [-0.15, -0.1) is 0 Å². The first kappa shape index (κ1) is 15.5. The molecule has 23 heavy (non-hydrogen) atoms. The van der Waals surface area contributed by atoms with Gasteiger partial charge in [-0.1, -0.05) is 35.0 Å². The molecular formula is C15H11Cl2N3O3. The number of anilines is 1. The zero-order valence-electron chi connectivity index (χ0n) is 11.7. The number of aromatic nitrogens is 1. The van der Waals surface area contributed by atoms with Crippen molar-refractivity contribution >= 4 is 35.0 Å². The van der Waals surface area contributed by atoms with Gasteiger partial charge in [-0.2, -0.15) is 0 Å². The maximum absolute atomic E-state index is 12.4. The minimum absolute atomic E-state index is 0.0862. The number of rotatable bonds is 4. The highest BCUT2D eigenvalue weighted by atomic mass is 35.5. The van der Waals surface area contributed by atoms with E-state index in [1.165, 1.54) is 6.07 Å². The molecule has 0 fully saturated rings. The highest BCUT2D eigenvalue weighted by Gasteiger charge is 2.24. The lowest BCUT2D eigenvalue weighted by atomic mass is 10.1. The molecular weight excluding hydrogens is 341 g/mol. The fourth-order valence-corrected chi connectivity index (χ4v) is 2.39. The number of carbonyl (C=O) groups excluding carboxylic acids is 1. The van der Waals surface area contributed by atoms with E-state index in [9.17, 15) is 4.79 Å². The zero-order chi connectivity index (χ0) is 16.4. The van der Waals surface area contributed by atoms with Crippen LogP contribution in [0.1, 0.15) is 15.9 Å². The van der Waals surface area contributed by atoms with Crippen molar-refractivity contribution < 1.29 is 13.7 Å². The molecule has 8 heteroatoms. The van der Waals surface area contributed by atoms with Gasteiger partial charge >= 0.3 is 0 Å². The van der Waals surface area contributed by atoms with Crippen LogP contribution in [0.3, 0.4) is 0 Å².